The normalized spacial score (nSPS) is 15.6. The fourth-order valence-electron chi connectivity index (χ4n) is 5.23. The molecule has 3 aromatic carbocycles. The molecule has 182 valence electrons. The maximum atomic E-state index is 10.5. The van der Waals surface area contributed by atoms with Gasteiger partial charge in [0.25, 0.3) is 0 Å². The molecule has 1 heterocycles. The van der Waals surface area contributed by atoms with Crippen LogP contribution in [0.1, 0.15) is 56.2 Å². The molecular weight excluding hydrogens is 432 g/mol. The summed E-state index contributed by atoms with van der Waals surface area (Å²) in [6.45, 7) is 7.10. The number of piperidine rings is 1. The molecule has 35 heavy (non-hydrogen) atoms. The van der Waals surface area contributed by atoms with Crippen molar-refractivity contribution >= 4 is 0 Å². The number of rotatable bonds is 9. The first-order valence-electron chi connectivity index (χ1n) is 12.6. The second-order valence-corrected chi connectivity index (χ2v) is 10.2. The number of phenols is 1. The number of nitrogens with zero attached hydrogens (tertiary/aromatic N) is 2. The van der Waals surface area contributed by atoms with E-state index in [-0.39, 0.29) is 17.4 Å². The van der Waals surface area contributed by atoms with Gasteiger partial charge < -0.3 is 9.84 Å². The number of nitriles is 1. The molecule has 0 spiro atoms. The molecule has 3 aromatic rings. The van der Waals surface area contributed by atoms with Crippen LogP contribution in [0.3, 0.4) is 0 Å². The van der Waals surface area contributed by atoms with Crippen LogP contribution < -0.4 is 0 Å². The van der Waals surface area contributed by atoms with Crippen LogP contribution in [-0.4, -0.2) is 34.7 Å². The molecule has 0 aliphatic carbocycles. The van der Waals surface area contributed by atoms with Crippen molar-refractivity contribution in [3.8, 4) is 11.8 Å². The summed E-state index contributed by atoms with van der Waals surface area (Å²) >= 11 is 0. The van der Waals surface area contributed by atoms with E-state index in [4.69, 9.17) is 4.74 Å². The van der Waals surface area contributed by atoms with Gasteiger partial charge >= 0.3 is 0 Å². The molecule has 0 atom stereocenters. The summed E-state index contributed by atoms with van der Waals surface area (Å²) in [5.74, 6) is 0.280. The Morgan fingerprint density at radius 3 is 2.03 bits per heavy atom. The van der Waals surface area contributed by atoms with E-state index in [0.717, 1.165) is 55.5 Å². The quantitative estimate of drug-likeness (QED) is 0.392. The van der Waals surface area contributed by atoms with E-state index in [9.17, 15) is 10.4 Å². The van der Waals surface area contributed by atoms with Crippen molar-refractivity contribution in [1.29, 1.82) is 5.26 Å². The smallest absolute Gasteiger partial charge is 0.115 e. The van der Waals surface area contributed by atoms with Crippen molar-refractivity contribution < 1.29 is 9.84 Å². The lowest BCUT2D eigenvalue weighted by Gasteiger charge is -2.44. The highest BCUT2D eigenvalue weighted by atomic mass is 16.5. The van der Waals surface area contributed by atoms with Crippen LogP contribution in [0.2, 0.25) is 0 Å². The monoisotopic (exact) mass is 468 g/mol. The number of hydrogen-bond acceptors (Lipinski definition) is 4. The molecule has 0 radical (unpaired) electrons. The van der Waals surface area contributed by atoms with Gasteiger partial charge in [0.05, 0.1) is 18.8 Å². The van der Waals surface area contributed by atoms with E-state index < -0.39 is 5.41 Å². The average molecular weight is 469 g/mol. The Bertz CT molecular complexity index is 1070. The molecule has 1 fully saturated rings. The first-order valence-corrected chi connectivity index (χ1v) is 12.6. The van der Waals surface area contributed by atoms with Crippen molar-refractivity contribution in [2.24, 2.45) is 0 Å². The highest BCUT2D eigenvalue weighted by Crippen LogP contribution is 2.39. The molecule has 0 bridgehead atoms. The minimum atomic E-state index is -0.664. The molecule has 1 saturated heterocycles. The molecular formula is C31H36N2O2. The predicted octanol–water partition coefficient (Wildman–Crippen LogP) is 6.44. The standard InChI is InChI=1S/C31H36N2O2/c1-30(2,33-20-16-29(17-21-33)35-23-25-10-9-15-28(34)22-25)18-19-31(24-32,26-11-5-3-6-12-26)27-13-7-4-8-14-27/h3-15,22,29,34H,16-21,23H2,1-2H3. The Labute approximate surface area is 209 Å². The number of hydrogen-bond donors (Lipinski definition) is 1. The van der Waals surface area contributed by atoms with Crippen LogP contribution >= 0.6 is 0 Å². The highest BCUT2D eigenvalue weighted by molar-refractivity contribution is 5.45. The lowest BCUT2D eigenvalue weighted by atomic mass is 9.70. The lowest BCUT2D eigenvalue weighted by molar-refractivity contribution is -0.0264. The van der Waals surface area contributed by atoms with Crippen molar-refractivity contribution in [3.05, 3.63) is 102 Å². The summed E-state index contributed by atoms with van der Waals surface area (Å²) in [4.78, 5) is 2.55. The molecule has 0 saturated carbocycles. The number of phenolic OH excluding ortho intramolecular Hbond substituents is 1. The Kier molecular flexibility index (Phi) is 7.90. The Morgan fingerprint density at radius 1 is 0.886 bits per heavy atom. The minimum absolute atomic E-state index is 0.0259. The van der Waals surface area contributed by atoms with Gasteiger partial charge in [0, 0.05) is 18.6 Å². The van der Waals surface area contributed by atoms with E-state index in [0.29, 0.717) is 6.61 Å². The third-order valence-electron chi connectivity index (χ3n) is 7.53. The Balaban J connectivity index is 1.39. The average Bonchev–Trinajstić information content (AvgIpc) is 2.90. The maximum absolute atomic E-state index is 10.5. The van der Waals surface area contributed by atoms with Gasteiger partial charge in [-0.05, 0) is 68.4 Å². The van der Waals surface area contributed by atoms with Gasteiger partial charge in [-0.3, -0.25) is 4.90 Å². The zero-order chi connectivity index (χ0) is 24.7. The van der Waals surface area contributed by atoms with Gasteiger partial charge in [0.1, 0.15) is 11.2 Å². The number of ether oxygens (including phenoxy) is 1. The van der Waals surface area contributed by atoms with E-state index in [1.807, 2.05) is 48.5 Å². The lowest BCUT2D eigenvalue weighted by Crippen LogP contribution is -2.50. The van der Waals surface area contributed by atoms with Crippen LogP contribution in [0.4, 0.5) is 0 Å². The minimum Gasteiger partial charge on any atom is -0.508 e. The first kappa shape index (κ1) is 25.0. The summed E-state index contributed by atoms with van der Waals surface area (Å²) < 4.78 is 6.15. The van der Waals surface area contributed by atoms with Crippen LogP contribution in [0.25, 0.3) is 0 Å². The van der Waals surface area contributed by atoms with Gasteiger partial charge in [0.2, 0.25) is 0 Å². The zero-order valence-corrected chi connectivity index (χ0v) is 20.9. The summed E-state index contributed by atoms with van der Waals surface area (Å²) in [5, 5.41) is 20.2. The maximum Gasteiger partial charge on any atom is 0.115 e. The van der Waals surface area contributed by atoms with Crippen molar-refractivity contribution in [1.82, 2.24) is 4.90 Å². The fraction of sp³-hybridized carbons (Fsp3) is 0.387. The van der Waals surface area contributed by atoms with Crippen molar-refractivity contribution in [3.63, 3.8) is 0 Å². The molecule has 1 N–H and O–H groups in total. The number of likely N-dealkylation sites (tertiary alicyclic amines) is 1. The van der Waals surface area contributed by atoms with Crippen LogP contribution in [0, 0.1) is 11.3 Å². The predicted molar refractivity (Wildman–Crippen MR) is 140 cm³/mol. The second kappa shape index (κ2) is 11.1. The molecule has 1 aliphatic rings. The van der Waals surface area contributed by atoms with E-state index >= 15 is 0 Å². The molecule has 0 amide bonds. The highest BCUT2D eigenvalue weighted by Gasteiger charge is 2.38. The van der Waals surface area contributed by atoms with Crippen LogP contribution in [0.15, 0.2) is 84.9 Å². The Morgan fingerprint density at radius 2 is 1.49 bits per heavy atom. The van der Waals surface area contributed by atoms with Crippen molar-refractivity contribution in [2.45, 2.75) is 63.2 Å². The third kappa shape index (κ3) is 5.93. The summed E-state index contributed by atoms with van der Waals surface area (Å²) in [6.07, 6.45) is 3.89. The number of aromatic hydroxyl groups is 1. The SMILES string of the molecule is CC(C)(CCC(C#N)(c1ccccc1)c1ccccc1)N1CCC(OCc2cccc(O)c2)CC1. The summed E-state index contributed by atoms with van der Waals surface area (Å²) in [7, 11) is 0. The summed E-state index contributed by atoms with van der Waals surface area (Å²) in [5.41, 5.74) is 2.43. The van der Waals surface area contributed by atoms with Gasteiger partial charge in [-0.1, -0.05) is 72.8 Å². The van der Waals surface area contributed by atoms with Crippen LogP contribution in [0.5, 0.6) is 5.75 Å². The topological polar surface area (TPSA) is 56.5 Å². The molecule has 4 rings (SSSR count). The van der Waals surface area contributed by atoms with Gasteiger partial charge in [-0.25, -0.2) is 0 Å². The molecule has 0 aromatic heterocycles. The molecule has 4 heteroatoms. The Hall–Kier alpha value is -3.13. The van der Waals surface area contributed by atoms with Crippen LogP contribution in [-0.2, 0) is 16.8 Å². The molecule has 0 unspecified atom stereocenters. The van der Waals surface area contributed by atoms with Gasteiger partial charge in [-0.15, -0.1) is 0 Å². The van der Waals surface area contributed by atoms with E-state index in [2.05, 4.69) is 49.1 Å². The molecule has 4 nitrogen and oxygen atoms in total. The second-order valence-electron chi connectivity index (χ2n) is 10.2. The fourth-order valence-corrected chi connectivity index (χ4v) is 5.23. The molecule has 1 aliphatic heterocycles. The van der Waals surface area contributed by atoms with Crippen molar-refractivity contribution in [2.75, 3.05) is 13.1 Å². The zero-order valence-electron chi connectivity index (χ0n) is 20.9. The third-order valence-corrected chi connectivity index (χ3v) is 7.53. The van der Waals surface area contributed by atoms with E-state index in [1.54, 1.807) is 12.1 Å². The largest absolute Gasteiger partial charge is 0.508 e. The number of benzene rings is 3. The first-order chi connectivity index (χ1) is 16.9. The summed E-state index contributed by atoms with van der Waals surface area (Å²) in [6, 6.07) is 30.4. The van der Waals surface area contributed by atoms with E-state index in [1.165, 1.54) is 0 Å². The van der Waals surface area contributed by atoms with Gasteiger partial charge in [-0.2, -0.15) is 5.26 Å². The van der Waals surface area contributed by atoms with Gasteiger partial charge in [0.15, 0.2) is 0 Å².